The van der Waals surface area contributed by atoms with Crippen LogP contribution in [0.15, 0.2) is 29.4 Å². The van der Waals surface area contributed by atoms with Gasteiger partial charge < -0.3 is 9.47 Å². The molecule has 4 rings (SSSR count). The molecule has 1 fully saturated rings. The van der Waals surface area contributed by atoms with E-state index in [0.717, 1.165) is 38.2 Å². The van der Waals surface area contributed by atoms with E-state index in [1.54, 1.807) is 18.1 Å². The number of piperidine rings is 1. The molecule has 2 atom stereocenters. The Morgan fingerprint density at radius 3 is 3.04 bits per heavy atom. The van der Waals surface area contributed by atoms with Gasteiger partial charge in [0, 0.05) is 31.0 Å². The van der Waals surface area contributed by atoms with Crippen molar-refractivity contribution in [3.63, 3.8) is 0 Å². The van der Waals surface area contributed by atoms with Crippen LogP contribution in [0.25, 0.3) is 0 Å². The Bertz CT molecular complexity index is 772. The molecule has 5 nitrogen and oxygen atoms in total. The lowest BCUT2D eigenvalue weighted by molar-refractivity contribution is -0.131. The fourth-order valence-corrected chi connectivity index (χ4v) is 5.10. The number of hydrogen-bond donors (Lipinski definition) is 0. The fraction of sp³-hybridized carbons (Fsp3) is 0.500. The molecule has 3 heterocycles. The summed E-state index contributed by atoms with van der Waals surface area (Å²) in [5, 5.41) is 8.26. The zero-order valence-corrected chi connectivity index (χ0v) is 14.9. The molecule has 2 aliphatic rings. The van der Waals surface area contributed by atoms with Gasteiger partial charge >= 0.3 is 0 Å². The second kappa shape index (κ2) is 6.24. The van der Waals surface area contributed by atoms with E-state index in [2.05, 4.69) is 35.3 Å². The number of aryl methyl sites for hydroxylation is 2. The number of amides is 1. The highest BCUT2D eigenvalue weighted by molar-refractivity contribution is 8.01. The summed E-state index contributed by atoms with van der Waals surface area (Å²) in [6.45, 7) is 3.73. The first-order valence-corrected chi connectivity index (χ1v) is 9.38. The molecule has 0 radical (unpaired) electrons. The number of carbonyl (C=O) groups excluding carboxylic acids is 1. The predicted octanol–water partition coefficient (Wildman–Crippen LogP) is 2.55. The molecule has 1 amide bonds. The highest BCUT2D eigenvalue weighted by Gasteiger charge is 2.34. The molecule has 1 aromatic heterocycles. The molecule has 126 valence electrons. The Labute approximate surface area is 146 Å². The van der Waals surface area contributed by atoms with E-state index in [0.29, 0.717) is 5.92 Å². The van der Waals surface area contributed by atoms with Gasteiger partial charge in [-0.05, 0) is 37.8 Å². The van der Waals surface area contributed by atoms with Crippen molar-refractivity contribution < 1.29 is 4.79 Å². The van der Waals surface area contributed by atoms with Crippen LogP contribution in [0.3, 0.4) is 0 Å². The van der Waals surface area contributed by atoms with E-state index in [1.165, 1.54) is 16.0 Å². The fourth-order valence-electron chi connectivity index (χ4n) is 3.73. The number of rotatable bonds is 2. The van der Waals surface area contributed by atoms with E-state index in [-0.39, 0.29) is 11.2 Å². The molecule has 0 bridgehead atoms. The minimum atomic E-state index is 0.0278. The van der Waals surface area contributed by atoms with Crippen LogP contribution in [-0.4, -0.2) is 43.9 Å². The largest absolute Gasteiger partial charge is 0.341 e. The Balaban J connectivity index is 1.46. The SMILES string of the molecule is Cc1ccc2c(c1)S[C@@H](C(=O)N1CCC[C@H](c3nncn3C)C1)C2. The lowest BCUT2D eigenvalue weighted by Gasteiger charge is -2.33. The van der Waals surface area contributed by atoms with Crippen molar-refractivity contribution in [2.45, 2.75) is 42.2 Å². The van der Waals surface area contributed by atoms with Gasteiger partial charge in [-0.15, -0.1) is 22.0 Å². The molecule has 2 aliphatic heterocycles. The highest BCUT2D eigenvalue weighted by Crippen LogP contribution is 2.39. The zero-order chi connectivity index (χ0) is 16.7. The summed E-state index contributed by atoms with van der Waals surface area (Å²) in [6.07, 6.45) is 4.70. The molecule has 24 heavy (non-hydrogen) atoms. The van der Waals surface area contributed by atoms with Crippen LogP contribution in [0, 0.1) is 6.92 Å². The first-order valence-electron chi connectivity index (χ1n) is 8.50. The Morgan fingerprint density at radius 2 is 2.25 bits per heavy atom. The summed E-state index contributed by atoms with van der Waals surface area (Å²) in [6, 6.07) is 6.51. The lowest BCUT2D eigenvalue weighted by Crippen LogP contribution is -2.43. The van der Waals surface area contributed by atoms with Crippen LogP contribution in [0.4, 0.5) is 0 Å². The van der Waals surface area contributed by atoms with E-state index in [1.807, 2.05) is 16.5 Å². The van der Waals surface area contributed by atoms with Crippen molar-refractivity contribution in [3.05, 3.63) is 41.5 Å². The van der Waals surface area contributed by atoms with Crippen molar-refractivity contribution in [1.82, 2.24) is 19.7 Å². The average Bonchev–Trinajstić information content (AvgIpc) is 3.20. The molecule has 0 saturated carbocycles. The minimum absolute atomic E-state index is 0.0278. The number of fused-ring (bicyclic) bond motifs is 1. The second-order valence-corrected chi connectivity index (χ2v) is 8.09. The molecule has 0 unspecified atom stereocenters. The summed E-state index contributed by atoms with van der Waals surface area (Å²) < 4.78 is 1.97. The first-order chi connectivity index (χ1) is 11.6. The molecule has 1 saturated heterocycles. The maximum Gasteiger partial charge on any atom is 0.236 e. The van der Waals surface area contributed by atoms with Crippen LogP contribution in [0.1, 0.15) is 35.7 Å². The number of likely N-dealkylation sites (tertiary alicyclic amines) is 1. The molecular formula is C18H22N4OS. The van der Waals surface area contributed by atoms with Gasteiger partial charge in [0.2, 0.25) is 5.91 Å². The maximum atomic E-state index is 13.0. The van der Waals surface area contributed by atoms with Crippen molar-refractivity contribution in [3.8, 4) is 0 Å². The van der Waals surface area contributed by atoms with E-state index >= 15 is 0 Å². The van der Waals surface area contributed by atoms with E-state index in [4.69, 9.17) is 0 Å². The molecule has 0 aliphatic carbocycles. The third kappa shape index (κ3) is 2.83. The molecule has 1 aromatic carbocycles. The third-order valence-corrected chi connectivity index (χ3v) is 6.30. The number of aromatic nitrogens is 3. The Hall–Kier alpha value is -1.82. The smallest absolute Gasteiger partial charge is 0.236 e. The standard InChI is InChI=1S/C18H22N4OS/c1-12-5-6-13-9-16(24-15(13)8-12)18(23)22-7-3-4-14(10-22)17-20-19-11-21(17)2/h5-6,8,11,14,16H,3-4,7,9-10H2,1-2H3/t14-,16+/m0/s1. The Morgan fingerprint density at radius 1 is 1.38 bits per heavy atom. The van der Waals surface area contributed by atoms with Crippen molar-refractivity contribution in [2.75, 3.05) is 13.1 Å². The number of hydrogen-bond acceptors (Lipinski definition) is 4. The summed E-state index contributed by atoms with van der Waals surface area (Å²) in [4.78, 5) is 16.3. The van der Waals surface area contributed by atoms with Gasteiger partial charge in [0.25, 0.3) is 0 Å². The molecule has 0 N–H and O–H groups in total. The second-order valence-electron chi connectivity index (χ2n) is 6.85. The lowest BCUT2D eigenvalue weighted by atomic mass is 9.96. The van der Waals surface area contributed by atoms with Gasteiger partial charge in [-0.3, -0.25) is 4.79 Å². The average molecular weight is 342 g/mol. The number of thioether (sulfide) groups is 1. The van der Waals surface area contributed by atoms with Crippen molar-refractivity contribution >= 4 is 17.7 Å². The monoisotopic (exact) mass is 342 g/mol. The van der Waals surface area contributed by atoms with Gasteiger partial charge in [-0.2, -0.15) is 0 Å². The minimum Gasteiger partial charge on any atom is -0.341 e. The van der Waals surface area contributed by atoms with Gasteiger partial charge in [-0.1, -0.05) is 17.7 Å². The highest BCUT2D eigenvalue weighted by atomic mass is 32.2. The van der Waals surface area contributed by atoms with Crippen LogP contribution < -0.4 is 0 Å². The van der Waals surface area contributed by atoms with Crippen LogP contribution in [0.2, 0.25) is 0 Å². The van der Waals surface area contributed by atoms with Crippen LogP contribution in [0.5, 0.6) is 0 Å². The molecule has 6 heteroatoms. The maximum absolute atomic E-state index is 13.0. The molecule has 2 aromatic rings. The number of nitrogens with zero attached hydrogens (tertiary/aromatic N) is 4. The van der Waals surface area contributed by atoms with Crippen molar-refractivity contribution in [1.29, 1.82) is 0 Å². The molecular weight excluding hydrogens is 320 g/mol. The van der Waals surface area contributed by atoms with Gasteiger partial charge in [-0.25, -0.2) is 0 Å². The topological polar surface area (TPSA) is 51.0 Å². The zero-order valence-electron chi connectivity index (χ0n) is 14.1. The third-order valence-electron chi connectivity index (χ3n) is 5.02. The summed E-state index contributed by atoms with van der Waals surface area (Å²) in [7, 11) is 1.97. The summed E-state index contributed by atoms with van der Waals surface area (Å²) in [5.74, 6) is 1.57. The van der Waals surface area contributed by atoms with E-state index in [9.17, 15) is 4.79 Å². The summed E-state index contributed by atoms with van der Waals surface area (Å²) in [5.41, 5.74) is 2.57. The van der Waals surface area contributed by atoms with Crippen molar-refractivity contribution in [2.24, 2.45) is 7.05 Å². The van der Waals surface area contributed by atoms with Gasteiger partial charge in [0.15, 0.2) is 0 Å². The van der Waals surface area contributed by atoms with Gasteiger partial charge in [0.1, 0.15) is 12.2 Å². The first kappa shape index (κ1) is 15.7. The normalized spacial score (nSPS) is 23.3. The summed E-state index contributed by atoms with van der Waals surface area (Å²) >= 11 is 1.73. The van der Waals surface area contributed by atoms with Gasteiger partial charge in [0.05, 0.1) is 5.25 Å². The predicted molar refractivity (Wildman–Crippen MR) is 94.1 cm³/mol. The number of carbonyl (C=O) groups is 1. The Kier molecular flexibility index (Phi) is 4.08. The van der Waals surface area contributed by atoms with Crippen LogP contribution in [-0.2, 0) is 18.3 Å². The molecule has 0 spiro atoms. The number of benzene rings is 1. The van der Waals surface area contributed by atoms with Crippen LogP contribution >= 0.6 is 11.8 Å². The quantitative estimate of drug-likeness (QED) is 0.842. The van der Waals surface area contributed by atoms with E-state index < -0.39 is 0 Å².